The Kier molecular flexibility index (Phi) is 5.72. The Labute approximate surface area is 173 Å². The first-order valence-corrected chi connectivity index (χ1v) is 11.2. The van der Waals surface area contributed by atoms with Crippen LogP contribution >= 0.6 is 0 Å². The first-order valence-electron chi connectivity index (χ1n) is 11.2. The predicted molar refractivity (Wildman–Crippen MR) is 114 cm³/mol. The minimum absolute atomic E-state index is 0.450. The van der Waals surface area contributed by atoms with Gasteiger partial charge >= 0.3 is 0 Å². The second-order valence-corrected chi connectivity index (χ2v) is 8.73. The van der Waals surface area contributed by atoms with Gasteiger partial charge in [0, 0.05) is 68.4 Å². The Hall–Kier alpha value is -2.05. The number of likely N-dealkylation sites (tertiary alicyclic amines) is 1. The van der Waals surface area contributed by atoms with E-state index in [-0.39, 0.29) is 0 Å². The Morgan fingerprint density at radius 3 is 2.79 bits per heavy atom. The zero-order chi connectivity index (χ0) is 19.5. The van der Waals surface area contributed by atoms with E-state index < -0.39 is 0 Å². The number of ether oxygens (including phenoxy) is 1. The van der Waals surface area contributed by atoms with E-state index in [1.807, 2.05) is 24.7 Å². The van der Waals surface area contributed by atoms with E-state index in [0.717, 1.165) is 56.5 Å². The molecular weight excluding hydrogens is 362 g/mol. The minimum Gasteiger partial charge on any atom is -0.381 e. The summed E-state index contributed by atoms with van der Waals surface area (Å²) in [7, 11) is 0. The van der Waals surface area contributed by atoms with Gasteiger partial charge in [-0.3, -0.25) is 4.98 Å². The standard InChI is InChI=1S/C23H31N5O/c1-2-11-28(10-1)23-25-14-21(19-5-3-8-24-13-19)22(26-23)20-6-4-9-27(16-20)15-18-7-12-29-17-18/h3,5,8,13-14,18,20H,1-2,4,6-7,9-12,15-17H2. The molecule has 3 aliphatic heterocycles. The third-order valence-electron chi connectivity index (χ3n) is 6.60. The highest BCUT2D eigenvalue weighted by Gasteiger charge is 2.29. The SMILES string of the molecule is c1cncc(-c2cnc(N3CCCC3)nc2C2CCCN(CC3CCOC3)C2)c1. The van der Waals surface area contributed by atoms with Crippen molar-refractivity contribution < 1.29 is 4.74 Å². The zero-order valence-electron chi connectivity index (χ0n) is 17.2. The number of hydrogen-bond acceptors (Lipinski definition) is 6. The minimum atomic E-state index is 0.450. The van der Waals surface area contributed by atoms with Crippen molar-refractivity contribution in [2.45, 2.75) is 38.0 Å². The van der Waals surface area contributed by atoms with E-state index in [1.165, 1.54) is 44.3 Å². The molecule has 154 valence electrons. The van der Waals surface area contributed by atoms with Crippen molar-refractivity contribution in [1.29, 1.82) is 0 Å². The molecular formula is C23H31N5O. The molecule has 0 aliphatic carbocycles. The Morgan fingerprint density at radius 1 is 1.07 bits per heavy atom. The summed E-state index contributed by atoms with van der Waals surface area (Å²) in [6.45, 7) is 7.43. The van der Waals surface area contributed by atoms with Gasteiger partial charge in [0.05, 0.1) is 12.3 Å². The lowest BCUT2D eigenvalue weighted by atomic mass is 9.89. The number of aromatic nitrogens is 3. The summed E-state index contributed by atoms with van der Waals surface area (Å²) in [5.74, 6) is 2.05. The first-order chi connectivity index (χ1) is 14.4. The van der Waals surface area contributed by atoms with Gasteiger partial charge in [-0.05, 0) is 50.6 Å². The van der Waals surface area contributed by atoms with Gasteiger partial charge in [-0.2, -0.15) is 0 Å². The van der Waals surface area contributed by atoms with Crippen molar-refractivity contribution in [3.63, 3.8) is 0 Å². The molecule has 6 heteroatoms. The number of pyridine rings is 1. The molecule has 0 aromatic carbocycles. The molecule has 0 N–H and O–H groups in total. The second kappa shape index (κ2) is 8.76. The lowest BCUT2D eigenvalue weighted by Gasteiger charge is -2.34. The molecule has 0 radical (unpaired) electrons. The van der Waals surface area contributed by atoms with E-state index in [2.05, 4.69) is 20.9 Å². The van der Waals surface area contributed by atoms with E-state index in [1.54, 1.807) is 0 Å². The first kappa shape index (κ1) is 18.9. The molecule has 0 amide bonds. The van der Waals surface area contributed by atoms with Gasteiger partial charge in [-0.15, -0.1) is 0 Å². The van der Waals surface area contributed by atoms with E-state index in [9.17, 15) is 0 Å². The molecule has 2 atom stereocenters. The summed E-state index contributed by atoms with van der Waals surface area (Å²) in [6.07, 6.45) is 11.9. The van der Waals surface area contributed by atoms with Crippen molar-refractivity contribution in [3.05, 3.63) is 36.4 Å². The van der Waals surface area contributed by atoms with Crippen molar-refractivity contribution in [3.8, 4) is 11.1 Å². The molecule has 2 unspecified atom stereocenters. The fourth-order valence-corrected chi connectivity index (χ4v) is 5.05. The summed E-state index contributed by atoms with van der Waals surface area (Å²) in [5.41, 5.74) is 3.48. The molecule has 3 aliphatic rings. The number of piperidine rings is 1. The van der Waals surface area contributed by atoms with Crippen LogP contribution in [0.4, 0.5) is 5.95 Å². The highest BCUT2D eigenvalue weighted by molar-refractivity contribution is 5.65. The molecule has 5 rings (SSSR count). The Balaban J connectivity index is 1.43. The van der Waals surface area contributed by atoms with Crippen LogP contribution in [0.3, 0.4) is 0 Å². The van der Waals surface area contributed by atoms with Gasteiger partial charge in [-0.1, -0.05) is 6.07 Å². The van der Waals surface area contributed by atoms with E-state index in [4.69, 9.17) is 14.7 Å². The monoisotopic (exact) mass is 393 g/mol. The number of anilines is 1. The predicted octanol–water partition coefficient (Wildman–Crippen LogP) is 3.35. The van der Waals surface area contributed by atoms with Gasteiger partial charge in [0.1, 0.15) is 0 Å². The summed E-state index contributed by atoms with van der Waals surface area (Å²) >= 11 is 0. The summed E-state index contributed by atoms with van der Waals surface area (Å²) < 4.78 is 5.60. The molecule has 6 nitrogen and oxygen atoms in total. The molecule has 2 aromatic rings. The highest BCUT2D eigenvalue weighted by Crippen LogP contribution is 2.34. The van der Waals surface area contributed by atoms with Gasteiger partial charge in [0.25, 0.3) is 0 Å². The maximum atomic E-state index is 5.60. The third-order valence-corrected chi connectivity index (χ3v) is 6.60. The molecule has 3 fully saturated rings. The van der Waals surface area contributed by atoms with Crippen LogP contribution in [0.2, 0.25) is 0 Å². The van der Waals surface area contributed by atoms with Crippen molar-refractivity contribution in [1.82, 2.24) is 19.9 Å². The van der Waals surface area contributed by atoms with Crippen molar-refractivity contribution >= 4 is 5.95 Å². The smallest absolute Gasteiger partial charge is 0.225 e. The van der Waals surface area contributed by atoms with Gasteiger partial charge in [0.2, 0.25) is 5.95 Å². The van der Waals surface area contributed by atoms with Gasteiger partial charge < -0.3 is 14.5 Å². The summed E-state index contributed by atoms with van der Waals surface area (Å²) in [5, 5.41) is 0. The number of rotatable bonds is 5. The lowest BCUT2D eigenvalue weighted by Crippen LogP contribution is -2.38. The van der Waals surface area contributed by atoms with Crippen LogP contribution in [0.1, 0.15) is 43.7 Å². The average Bonchev–Trinajstić information content (AvgIpc) is 3.49. The van der Waals surface area contributed by atoms with Gasteiger partial charge in [0.15, 0.2) is 0 Å². The van der Waals surface area contributed by atoms with Crippen LogP contribution in [-0.2, 0) is 4.74 Å². The molecule has 3 saturated heterocycles. The maximum Gasteiger partial charge on any atom is 0.225 e. The van der Waals surface area contributed by atoms with Crippen LogP contribution in [0.25, 0.3) is 11.1 Å². The molecule has 5 heterocycles. The Bertz CT molecular complexity index is 802. The highest BCUT2D eigenvalue weighted by atomic mass is 16.5. The topological polar surface area (TPSA) is 54.4 Å². The second-order valence-electron chi connectivity index (χ2n) is 8.73. The van der Waals surface area contributed by atoms with E-state index >= 15 is 0 Å². The molecule has 0 spiro atoms. The zero-order valence-corrected chi connectivity index (χ0v) is 17.2. The fraction of sp³-hybridized carbons (Fsp3) is 0.609. The van der Waals surface area contributed by atoms with Crippen LogP contribution in [0.5, 0.6) is 0 Å². The lowest BCUT2D eigenvalue weighted by molar-refractivity contribution is 0.149. The van der Waals surface area contributed by atoms with E-state index in [0.29, 0.717) is 11.8 Å². The largest absolute Gasteiger partial charge is 0.381 e. The molecule has 29 heavy (non-hydrogen) atoms. The molecule has 2 aromatic heterocycles. The van der Waals surface area contributed by atoms with Crippen LogP contribution in [0, 0.1) is 5.92 Å². The normalized spacial score (nSPS) is 25.6. The maximum absolute atomic E-state index is 5.60. The average molecular weight is 394 g/mol. The quantitative estimate of drug-likeness (QED) is 0.776. The van der Waals surface area contributed by atoms with Crippen molar-refractivity contribution in [2.75, 3.05) is 50.8 Å². The summed E-state index contributed by atoms with van der Waals surface area (Å²) in [4.78, 5) is 19.2. The van der Waals surface area contributed by atoms with Crippen LogP contribution in [-0.4, -0.2) is 65.8 Å². The molecule has 0 saturated carbocycles. The van der Waals surface area contributed by atoms with Gasteiger partial charge in [-0.25, -0.2) is 9.97 Å². The third kappa shape index (κ3) is 4.28. The molecule has 0 bridgehead atoms. The number of nitrogens with zero attached hydrogens (tertiary/aromatic N) is 5. The summed E-state index contributed by atoms with van der Waals surface area (Å²) in [6, 6.07) is 4.13. The van der Waals surface area contributed by atoms with Crippen LogP contribution in [0.15, 0.2) is 30.7 Å². The number of hydrogen-bond donors (Lipinski definition) is 0. The van der Waals surface area contributed by atoms with Crippen LogP contribution < -0.4 is 4.90 Å². The Morgan fingerprint density at radius 2 is 2.00 bits per heavy atom. The fourth-order valence-electron chi connectivity index (χ4n) is 5.05. The van der Waals surface area contributed by atoms with Crippen molar-refractivity contribution in [2.24, 2.45) is 5.92 Å².